The summed E-state index contributed by atoms with van der Waals surface area (Å²) in [5.74, 6) is -1.30. The molecule has 5 rings (SSSR count). The van der Waals surface area contributed by atoms with Gasteiger partial charge in [-0.3, -0.25) is 4.79 Å². The molecule has 0 radical (unpaired) electrons. The largest absolute Gasteiger partial charge is 0.445 e. The van der Waals surface area contributed by atoms with Crippen molar-refractivity contribution in [1.82, 2.24) is 4.31 Å². The zero-order chi connectivity index (χ0) is 28.1. The van der Waals surface area contributed by atoms with Crippen LogP contribution in [0.5, 0.6) is 0 Å². The first kappa shape index (κ1) is 27.6. The van der Waals surface area contributed by atoms with Gasteiger partial charge in [-0.2, -0.15) is 4.31 Å². The highest BCUT2D eigenvalue weighted by Gasteiger charge is 2.31. The minimum atomic E-state index is -3.91. The fourth-order valence-corrected chi connectivity index (χ4v) is 6.26. The van der Waals surface area contributed by atoms with Crippen molar-refractivity contribution in [2.45, 2.75) is 11.0 Å². The van der Waals surface area contributed by atoms with Gasteiger partial charge in [0, 0.05) is 43.0 Å². The number of ether oxygens (including phenoxy) is 1. The van der Waals surface area contributed by atoms with Gasteiger partial charge in [-0.05, 0) is 30.3 Å². The van der Waals surface area contributed by atoms with E-state index in [2.05, 4.69) is 4.90 Å². The molecule has 1 aliphatic heterocycles. The van der Waals surface area contributed by atoms with Crippen molar-refractivity contribution in [1.29, 1.82) is 0 Å². The molecule has 1 fully saturated rings. The molecule has 4 aromatic rings. The Hall–Kier alpha value is -3.98. The van der Waals surface area contributed by atoms with Crippen LogP contribution in [-0.4, -0.2) is 50.7 Å². The Bertz CT molecular complexity index is 1590. The van der Waals surface area contributed by atoms with E-state index in [0.717, 1.165) is 5.69 Å². The first-order chi connectivity index (χ1) is 19.3. The van der Waals surface area contributed by atoms with Crippen molar-refractivity contribution in [2.24, 2.45) is 0 Å². The fourth-order valence-electron chi connectivity index (χ4n) is 4.62. The number of para-hydroxylation sites is 1. The topological polar surface area (TPSA) is 84.0 Å². The number of piperazine rings is 1. The molecule has 0 bridgehead atoms. The number of Topliss-reactive ketones (excluding diaryl/α,β-unsaturated/α-hetero) is 1. The summed E-state index contributed by atoms with van der Waals surface area (Å²) < 4.78 is 34.1. The summed E-state index contributed by atoms with van der Waals surface area (Å²) in [4.78, 5) is 28.8. The lowest BCUT2D eigenvalue weighted by Gasteiger charge is -2.35. The maximum absolute atomic E-state index is 13.5. The minimum absolute atomic E-state index is 0.0248. The Balaban J connectivity index is 1.37. The Kier molecular flexibility index (Phi) is 8.30. The van der Waals surface area contributed by atoms with Crippen molar-refractivity contribution in [3.63, 3.8) is 0 Å². The van der Waals surface area contributed by atoms with Crippen LogP contribution in [0.15, 0.2) is 114 Å². The number of hydrogen-bond donors (Lipinski definition) is 0. The number of hydrogen-bond acceptors (Lipinski definition) is 6. The maximum Gasteiger partial charge on any atom is 0.340 e. The summed E-state index contributed by atoms with van der Waals surface area (Å²) in [5, 5.41) is 0.0248. The SMILES string of the molecule is O=C(OC(C(=O)c1ccccc1)c1ccccc1)c1cc(S(=O)(=O)N2CCN(c3ccccc3)CC2)ccc1Cl. The lowest BCUT2D eigenvalue weighted by Crippen LogP contribution is -2.48. The van der Waals surface area contributed by atoms with Gasteiger partial charge in [0.1, 0.15) is 0 Å². The molecule has 40 heavy (non-hydrogen) atoms. The van der Waals surface area contributed by atoms with Crippen LogP contribution in [0.2, 0.25) is 5.02 Å². The number of anilines is 1. The van der Waals surface area contributed by atoms with Crippen molar-refractivity contribution in [3.05, 3.63) is 131 Å². The van der Waals surface area contributed by atoms with E-state index in [9.17, 15) is 18.0 Å². The van der Waals surface area contributed by atoms with Crippen LogP contribution in [-0.2, 0) is 14.8 Å². The molecule has 1 saturated heterocycles. The molecule has 0 aromatic heterocycles. The third kappa shape index (κ3) is 5.94. The van der Waals surface area contributed by atoms with Crippen LogP contribution in [0, 0.1) is 0 Å². The lowest BCUT2D eigenvalue weighted by molar-refractivity contribution is 0.0280. The highest BCUT2D eigenvalue weighted by molar-refractivity contribution is 7.89. The molecule has 1 unspecified atom stereocenters. The van der Waals surface area contributed by atoms with E-state index in [4.69, 9.17) is 16.3 Å². The number of benzene rings is 4. The standard InChI is InChI=1S/C31H27ClN2O5S/c32-28-17-16-26(40(37,38)34-20-18-33(19-21-34)25-14-8-3-9-15-25)22-27(28)31(36)39-30(24-12-6-2-7-13-24)29(35)23-10-4-1-5-11-23/h1-17,22,30H,18-21H2. The van der Waals surface area contributed by atoms with Gasteiger partial charge in [-0.15, -0.1) is 0 Å². The Morgan fingerprint density at radius 1 is 0.750 bits per heavy atom. The quantitative estimate of drug-likeness (QED) is 0.200. The van der Waals surface area contributed by atoms with E-state index in [1.807, 2.05) is 30.3 Å². The average molecular weight is 575 g/mol. The summed E-state index contributed by atoms with van der Waals surface area (Å²) in [7, 11) is -3.91. The Morgan fingerprint density at radius 3 is 1.95 bits per heavy atom. The fraction of sp³-hybridized carbons (Fsp3) is 0.161. The zero-order valence-electron chi connectivity index (χ0n) is 21.5. The molecule has 0 saturated carbocycles. The number of ketones is 1. The average Bonchev–Trinajstić information content (AvgIpc) is 3.01. The summed E-state index contributed by atoms with van der Waals surface area (Å²) in [6, 6.07) is 31.0. The number of nitrogens with zero attached hydrogens (tertiary/aromatic N) is 2. The van der Waals surface area contributed by atoms with Crippen LogP contribution in [0.1, 0.15) is 32.4 Å². The van der Waals surface area contributed by atoms with Gasteiger partial charge in [-0.1, -0.05) is 90.5 Å². The monoisotopic (exact) mass is 574 g/mol. The van der Waals surface area contributed by atoms with Gasteiger partial charge >= 0.3 is 5.97 Å². The van der Waals surface area contributed by atoms with Crippen molar-refractivity contribution < 1.29 is 22.7 Å². The van der Waals surface area contributed by atoms with E-state index in [1.165, 1.54) is 22.5 Å². The van der Waals surface area contributed by atoms with Crippen molar-refractivity contribution in [3.8, 4) is 0 Å². The molecule has 1 atom stereocenters. The van der Waals surface area contributed by atoms with E-state index in [0.29, 0.717) is 37.3 Å². The predicted molar refractivity (Wildman–Crippen MR) is 154 cm³/mol. The van der Waals surface area contributed by atoms with Gasteiger partial charge in [0.2, 0.25) is 15.8 Å². The molecule has 0 spiro atoms. The van der Waals surface area contributed by atoms with Crippen LogP contribution >= 0.6 is 11.6 Å². The van der Waals surface area contributed by atoms with Crippen LogP contribution in [0.4, 0.5) is 5.69 Å². The number of halogens is 1. The minimum Gasteiger partial charge on any atom is -0.445 e. The molecule has 0 N–H and O–H groups in total. The number of rotatable bonds is 8. The third-order valence-corrected chi connectivity index (χ3v) is 9.00. The van der Waals surface area contributed by atoms with Gasteiger partial charge in [-0.25, -0.2) is 13.2 Å². The number of esters is 1. The second-order valence-electron chi connectivity index (χ2n) is 9.29. The van der Waals surface area contributed by atoms with Crippen molar-refractivity contribution >= 4 is 39.1 Å². The highest BCUT2D eigenvalue weighted by atomic mass is 35.5. The second kappa shape index (κ2) is 12.0. The maximum atomic E-state index is 13.5. The lowest BCUT2D eigenvalue weighted by atomic mass is 10.00. The molecule has 7 nitrogen and oxygen atoms in total. The van der Waals surface area contributed by atoms with E-state index >= 15 is 0 Å². The molecular formula is C31H27ClN2O5S. The molecule has 4 aromatic carbocycles. The summed E-state index contributed by atoms with van der Waals surface area (Å²) in [6.07, 6.45) is -1.24. The van der Waals surface area contributed by atoms with E-state index in [1.54, 1.807) is 60.7 Å². The molecular weight excluding hydrogens is 548 g/mol. The van der Waals surface area contributed by atoms with Crippen molar-refractivity contribution in [2.75, 3.05) is 31.1 Å². The predicted octanol–water partition coefficient (Wildman–Crippen LogP) is 5.63. The van der Waals surface area contributed by atoms with Gasteiger partial charge < -0.3 is 9.64 Å². The number of sulfonamides is 1. The summed E-state index contributed by atoms with van der Waals surface area (Å²) in [5.41, 5.74) is 1.77. The van der Waals surface area contributed by atoms with Gasteiger partial charge in [0.25, 0.3) is 0 Å². The first-order valence-corrected chi connectivity index (χ1v) is 14.6. The van der Waals surface area contributed by atoms with Crippen LogP contribution in [0.25, 0.3) is 0 Å². The molecule has 1 aliphatic rings. The normalized spacial score (nSPS) is 14.9. The van der Waals surface area contributed by atoms with E-state index in [-0.39, 0.29) is 15.5 Å². The smallest absolute Gasteiger partial charge is 0.340 e. The van der Waals surface area contributed by atoms with Gasteiger partial charge in [0.15, 0.2) is 6.10 Å². The molecule has 0 aliphatic carbocycles. The Labute approximate surface area is 238 Å². The molecule has 9 heteroatoms. The summed E-state index contributed by atoms with van der Waals surface area (Å²) >= 11 is 6.34. The van der Waals surface area contributed by atoms with Crippen LogP contribution in [0.3, 0.4) is 0 Å². The van der Waals surface area contributed by atoms with Gasteiger partial charge in [0.05, 0.1) is 15.5 Å². The molecule has 0 amide bonds. The highest BCUT2D eigenvalue weighted by Crippen LogP contribution is 2.29. The first-order valence-electron chi connectivity index (χ1n) is 12.8. The van der Waals surface area contributed by atoms with Crippen LogP contribution < -0.4 is 4.90 Å². The zero-order valence-corrected chi connectivity index (χ0v) is 23.1. The Morgan fingerprint density at radius 2 is 1.32 bits per heavy atom. The molecule has 204 valence electrons. The van der Waals surface area contributed by atoms with E-state index < -0.39 is 27.9 Å². The molecule has 1 heterocycles. The number of carbonyl (C=O) groups excluding carboxylic acids is 2. The number of carbonyl (C=O) groups is 2. The third-order valence-electron chi connectivity index (χ3n) is 6.78. The summed E-state index contributed by atoms with van der Waals surface area (Å²) in [6.45, 7) is 1.65. The second-order valence-corrected chi connectivity index (χ2v) is 11.6.